The lowest BCUT2D eigenvalue weighted by atomic mass is 10.1. The second-order valence-electron chi connectivity index (χ2n) is 5.85. The molecule has 1 saturated carbocycles. The zero-order valence-electron chi connectivity index (χ0n) is 12.9. The van der Waals surface area contributed by atoms with E-state index in [1.165, 1.54) is 16.4 Å². The Bertz CT molecular complexity index is 699. The molecular weight excluding hydrogens is 355 g/mol. The molecule has 1 aliphatic carbocycles. The third-order valence-electron chi connectivity index (χ3n) is 3.67. The molecule has 2 N–H and O–H groups in total. The second-order valence-corrected chi connectivity index (χ2v) is 8.38. The molecule has 8 heteroatoms. The van der Waals surface area contributed by atoms with E-state index in [0.717, 1.165) is 29.1 Å². The molecule has 1 atom stereocenters. The number of thioether (sulfide) groups is 1. The fraction of sp³-hybridized carbons (Fsp3) is 0.467. The van der Waals surface area contributed by atoms with Gasteiger partial charge in [0.1, 0.15) is 16.7 Å². The average Bonchev–Trinajstić information content (AvgIpc) is 2.92. The smallest absolute Gasteiger partial charge is 0.209 e. The van der Waals surface area contributed by atoms with Crippen LogP contribution in [0.25, 0.3) is 0 Å². The van der Waals surface area contributed by atoms with Crippen molar-refractivity contribution in [2.75, 3.05) is 11.6 Å². The lowest BCUT2D eigenvalue weighted by Gasteiger charge is -2.08. The minimum atomic E-state index is -0.582. The van der Waals surface area contributed by atoms with Crippen LogP contribution in [0.4, 0.5) is 0 Å². The van der Waals surface area contributed by atoms with E-state index in [9.17, 15) is 0 Å². The van der Waals surface area contributed by atoms with Crippen LogP contribution in [0.3, 0.4) is 0 Å². The van der Waals surface area contributed by atoms with Crippen LogP contribution in [-0.4, -0.2) is 25.0 Å². The van der Waals surface area contributed by atoms with Gasteiger partial charge in [0.15, 0.2) is 5.82 Å². The Morgan fingerprint density at radius 2 is 1.96 bits per heavy atom. The molecule has 1 heterocycles. The molecule has 1 fully saturated rings. The molecule has 5 nitrogen and oxygen atoms in total. The van der Waals surface area contributed by atoms with E-state index in [-0.39, 0.29) is 12.5 Å². The van der Waals surface area contributed by atoms with Crippen molar-refractivity contribution < 1.29 is 4.74 Å². The van der Waals surface area contributed by atoms with E-state index in [1.54, 1.807) is 0 Å². The maximum Gasteiger partial charge on any atom is 0.209 e. The van der Waals surface area contributed by atoms with Crippen molar-refractivity contribution in [2.24, 2.45) is 5.92 Å². The van der Waals surface area contributed by atoms with Crippen LogP contribution in [-0.2, 0) is 6.61 Å². The molecule has 0 spiro atoms. The highest BCUT2D eigenvalue weighted by molar-refractivity contribution is 7.99. The molecule has 124 valence electrons. The Balaban J connectivity index is 1.58. The van der Waals surface area contributed by atoms with Gasteiger partial charge in [0.25, 0.3) is 0 Å². The topological polar surface area (TPSA) is 66.0 Å². The van der Waals surface area contributed by atoms with E-state index in [0.29, 0.717) is 11.0 Å². The number of hydrogen-bond donors (Lipinski definition) is 1. The van der Waals surface area contributed by atoms with Gasteiger partial charge in [-0.1, -0.05) is 17.8 Å². The van der Waals surface area contributed by atoms with Crippen molar-refractivity contribution in [3.63, 3.8) is 0 Å². The van der Waals surface area contributed by atoms with Crippen LogP contribution in [0.2, 0.25) is 0 Å². The van der Waals surface area contributed by atoms with Gasteiger partial charge in [0.05, 0.1) is 0 Å². The molecule has 1 unspecified atom stereocenters. The fourth-order valence-corrected chi connectivity index (χ4v) is 4.10. The van der Waals surface area contributed by atoms with Crippen molar-refractivity contribution >= 4 is 35.0 Å². The number of halogens is 2. The zero-order valence-corrected chi connectivity index (χ0v) is 15.3. The summed E-state index contributed by atoms with van der Waals surface area (Å²) in [6.45, 7) is 4.34. The highest BCUT2D eigenvalue weighted by Gasteiger charge is 2.51. The van der Waals surface area contributed by atoms with E-state index in [4.69, 9.17) is 33.8 Å². The third kappa shape index (κ3) is 4.05. The number of nitrogens with zero attached hydrogens (tertiary/aromatic N) is 3. The molecule has 3 rings (SSSR count). The van der Waals surface area contributed by atoms with Crippen molar-refractivity contribution in [1.29, 1.82) is 0 Å². The monoisotopic (exact) mass is 372 g/mol. The summed E-state index contributed by atoms with van der Waals surface area (Å²) in [5.74, 6) is 8.46. The molecular formula is C15H18Cl2N4OS. The van der Waals surface area contributed by atoms with Gasteiger partial charge < -0.3 is 10.6 Å². The number of nitrogen functional groups attached to an aromatic ring is 1. The first kappa shape index (κ1) is 16.7. The van der Waals surface area contributed by atoms with Gasteiger partial charge in [0.2, 0.25) is 5.16 Å². The van der Waals surface area contributed by atoms with Crippen molar-refractivity contribution in [3.8, 4) is 5.75 Å². The standard InChI is InChI=1S/C15H18Cl2N4OS/c1-9-3-10(2)5-12(4-9)22-7-13-19-20-14(21(13)18)23-8-11-6-15(11,16)17/h3-5,11H,6-8,18H2,1-2H3. The highest BCUT2D eigenvalue weighted by atomic mass is 35.5. The highest BCUT2D eigenvalue weighted by Crippen LogP contribution is 2.54. The number of benzene rings is 1. The summed E-state index contributed by atoms with van der Waals surface area (Å²) in [6, 6.07) is 6.06. The first-order valence-corrected chi connectivity index (χ1v) is 9.00. The van der Waals surface area contributed by atoms with Crippen LogP contribution in [0.5, 0.6) is 5.75 Å². The lowest BCUT2D eigenvalue weighted by molar-refractivity contribution is 0.291. The Labute approximate surface area is 149 Å². The number of alkyl halides is 2. The first-order valence-electron chi connectivity index (χ1n) is 7.26. The predicted molar refractivity (Wildman–Crippen MR) is 93.7 cm³/mol. The first-order chi connectivity index (χ1) is 10.8. The third-order valence-corrected chi connectivity index (χ3v) is 5.70. The van der Waals surface area contributed by atoms with Crippen LogP contribution in [0, 0.1) is 19.8 Å². The van der Waals surface area contributed by atoms with Crippen LogP contribution < -0.4 is 10.6 Å². The minimum absolute atomic E-state index is 0.269. The summed E-state index contributed by atoms with van der Waals surface area (Å²) in [5.41, 5.74) is 2.31. The summed E-state index contributed by atoms with van der Waals surface area (Å²) >= 11 is 13.5. The zero-order chi connectivity index (χ0) is 16.6. The van der Waals surface area contributed by atoms with Gasteiger partial charge in [-0.3, -0.25) is 0 Å². The summed E-state index contributed by atoms with van der Waals surface area (Å²) in [5, 5.41) is 8.82. The number of ether oxygens (including phenoxy) is 1. The van der Waals surface area contributed by atoms with Gasteiger partial charge >= 0.3 is 0 Å². The van der Waals surface area contributed by atoms with Crippen molar-refractivity contribution in [1.82, 2.24) is 14.9 Å². The van der Waals surface area contributed by atoms with E-state index in [1.807, 2.05) is 26.0 Å². The molecule has 1 aromatic heterocycles. The molecule has 0 saturated heterocycles. The lowest BCUT2D eigenvalue weighted by Crippen LogP contribution is -2.16. The number of aryl methyl sites for hydroxylation is 2. The van der Waals surface area contributed by atoms with Crippen LogP contribution in [0.1, 0.15) is 23.4 Å². The molecule has 0 bridgehead atoms. The van der Waals surface area contributed by atoms with Gasteiger partial charge in [-0.2, -0.15) is 0 Å². The maximum absolute atomic E-state index is 6.03. The molecule has 0 amide bonds. The quantitative estimate of drug-likeness (QED) is 0.477. The SMILES string of the molecule is Cc1cc(C)cc(OCc2nnc(SCC3CC3(Cl)Cl)n2N)c1. The number of nitrogens with two attached hydrogens (primary N) is 1. The maximum atomic E-state index is 6.03. The summed E-state index contributed by atoms with van der Waals surface area (Å²) in [6.07, 6.45) is 0.810. The summed E-state index contributed by atoms with van der Waals surface area (Å²) < 4.78 is 6.64. The molecule has 23 heavy (non-hydrogen) atoms. The van der Waals surface area contributed by atoms with Crippen LogP contribution >= 0.6 is 35.0 Å². The van der Waals surface area contributed by atoms with Crippen molar-refractivity contribution in [2.45, 2.75) is 36.4 Å². The Morgan fingerprint density at radius 1 is 1.30 bits per heavy atom. The summed E-state index contributed by atoms with van der Waals surface area (Å²) in [4.78, 5) is 0. The van der Waals surface area contributed by atoms with Crippen molar-refractivity contribution in [3.05, 3.63) is 35.2 Å². The molecule has 1 aromatic carbocycles. The van der Waals surface area contributed by atoms with Gasteiger partial charge in [-0.15, -0.1) is 33.4 Å². The Hall–Kier alpha value is -1.11. The van der Waals surface area contributed by atoms with E-state index < -0.39 is 4.33 Å². The largest absolute Gasteiger partial charge is 0.486 e. The van der Waals surface area contributed by atoms with Gasteiger partial charge in [-0.05, 0) is 43.5 Å². The summed E-state index contributed by atoms with van der Waals surface area (Å²) in [7, 11) is 0. The molecule has 1 aliphatic rings. The Kier molecular flexibility index (Phi) is 4.67. The normalized spacial score (nSPS) is 18.9. The average molecular weight is 373 g/mol. The number of hydrogen-bond acceptors (Lipinski definition) is 5. The minimum Gasteiger partial charge on any atom is -0.486 e. The predicted octanol–water partition coefficient (Wildman–Crippen LogP) is 3.47. The molecule has 0 radical (unpaired) electrons. The van der Waals surface area contributed by atoms with Crippen LogP contribution in [0.15, 0.2) is 23.4 Å². The number of aromatic nitrogens is 3. The van der Waals surface area contributed by atoms with Gasteiger partial charge in [0, 0.05) is 11.7 Å². The molecule has 0 aliphatic heterocycles. The van der Waals surface area contributed by atoms with E-state index in [2.05, 4.69) is 16.3 Å². The van der Waals surface area contributed by atoms with E-state index >= 15 is 0 Å². The fourth-order valence-electron chi connectivity index (χ4n) is 2.29. The second kappa shape index (κ2) is 6.42. The molecule has 2 aromatic rings. The van der Waals surface area contributed by atoms with Gasteiger partial charge in [-0.25, -0.2) is 4.68 Å². The number of rotatable bonds is 6. The Morgan fingerprint density at radius 3 is 2.57 bits per heavy atom.